The van der Waals surface area contributed by atoms with Gasteiger partial charge in [0.25, 0.3) is 0 Å². The topological polar surface area (TPSA) is 37.3 Å². The highest BCUT2D eigenvalue weighted by molar-refractivity contribution is 8.01. The van der Waals surface area contributed by atoms with Crippen molar-refractivity contribution in [1.82, 2.24) is 0 Å². The maximum absolute atomic E-state index is 10.9. The molecule has 0 unspecified atom stereocenters. The molecule has 1 aromatic carbocycles. The van der Waals surface area contributed by atoms with Gasteiger partial charge in [-0.05, 0) is 32.9 Å². The van der Waals surface area contributed by atoms with E-state index in [4.69, 9.17) is 5.11 Å². The highest BCUT2D eigenvalue weighted by Crippen LogP contribution is 2.32. The van der Waals surface area contributed by atoms with Gasteiger partial charge in [0.2, 0.25) is 0 Å². The molecule has 16 heavy (non-hydrogen) atoms. The van der Waals surface area contributed by atoms with E-state index >= 15 is 0 Å². The molecular weight excluding hydrogens is 220 g/mol. The molecule has 0 saturated carbocycles. The molecule has 0 aromatic heterocycles. The molecule has 0 amide bonds. The standard InChI is InChI=1S/C11H14O2S.C2H6/c1-8-5-4-6-9(7-8)14-11(2,3)10(12)13;1-2/h4-7H,1-3H3,(H,12,13);1-2H3. The van der Waals surface area contributed by atoms with Gasteiger partial charge in [-0.15, -0.1) is 11.8 Å². The Balaban J connectivity index is 0.00000106. The molecule has 0 aliphatic heterocycles. The summed E-state index contributed by atoms with van der Waals surface area (Å²) in [6, 6.07) is 7.87. The van der Waals surface area contributed by atoms with Gasteiger partial charge in [-0.25, -0.2) is 0 Å². The fraction of sp³-hybridized carbons (Fsp3) is 0.462. The summed E-state index contributed by atoms with van der Waals surface area (Å²) in [7, 11) is 0. The van der Waals surface area contributed by atoms with Crippen LogP contribution in [0.5, 0.6) is 0 Å². The molecule has 1 rings (SSSR count). The predicted molar refractivity (Wildman–Crippen MR) is 70.1 cm³/mol. The van der Waals surface area contributed by atoms with Gasteiger partial charge in [-0.3, -0.25) is 4.79 Å². The number of rotatable bonds is 3. The van der Waals surface area contributed by atoms with Crippen LogP contribution < -0.4 is 0 Å². The van der Waals surface area contributed by atoms with Crippen LogP contribution in [0.15, 0.2) is 29.2 Å². The number of aliphatic carboxylic acids is 1. The molecule has 0 spiro atoms. The normalized spacial score (nSPS) is 10.3. The molecule has 0 atom stereocenters. The van der Waals surface area contributed by atoms with E-state index in [0.29, 0.717) is 0 Å². The summed E-state index contributed by atoms with van der Waals surface area (Å²) in [4.78, 5) is 11.9. The Bertz CT molecular complexity index is 346. The summed E-state index contributed by atoms with van der Waals surface area (Å²) >= 11 is 1.37. The van der Waals surface area contributed by atoms with E-state index < -0.39 is 10.7 Å². The lowest BCUT2D eigenvalue weighted by molar-refractivity contribution is -0.138. The van der Waals surface area contributed by atoms with Gasteiger partial charge < -0.3 is 5.11 Å². The van der Waals surface area contributed by atoms with Crippen LogP contribution in [0, 0.1) is 6.92 Å². The van der Waals surface area contributed by atoms with Crippen molar-refractivity contribution in [3.05, 3.63) is 29.8 Å². The van der Waals surface area contributed by atoms with Crippen LogP contribution in [0.1, 0.15) is 33.3 Å². The molecule has 0 bridgehead atoms. The van der Waals surface area contributed by atoms with Gasteiger partial charge in [0.15, 0.2) is 0 Å². The van der Waals surface area contributed by atoms with Crippen molar-refractivity contribution in [3.63, 3.8) is 0 Å². The van der Waals surface area contributed by atoms with Crippen molar-refractivity contribution >= 4 is 17.7 Å². The van der Waals surface area contributed by atoms with E-state index in [-0.39, 0.29) is 0 Å². The minimum Gasteiger partial charge on any atom is -0.480 e. The summed E-state index contributed by atoms with van der Waals surface area (Å²) in [6.07, 6.45) is 0. The van der Waals surface area contributed by atoms with Crippen molar-refractivity contribution in [3.8, 4) is 0 Å². The minimum absolute atomic E-state index is 0.770. The molecule has 0 radical (unpaired) electrons. The van der Waals surface area contributed by atoms with Gasteiger partial charge in [0.05, 0.1) is 0 Å². The van der Waals surface area contributed by atoms with E-state index in [1.807, 2.05) is 45.0 Å². The number of benzene rings is 1. The summed E-state index contributed by atoms with van der Waals surface area (Å²) in [5, 5.41) is 8.95. The van der Waals surface area contributed by atoms with Crippen LogP contribution in [-0.2, 0) is 4.79 Å². The van der Waals surface area contributed by atoms with Gasteiger partial charge in [0, 0.05) is 4.90 Å². The second-order valence-corrected chi connectivity index (χ2v) is 5.43. The molecule has 0 aliphatic rings. The molecule has 2 nitrogen and oxygen atoms in total. The first kappa shape index (κ1) is 15.0. The molecule has 90 valence electrons. The molecule has 0 fully saturated rings. The van der Waals surface area contributed by atoms with Crippen molar-refractivity contribution in [2.45, 2.75) is 44.3 Å². The first-order valence-corrected chi connectivity index (χ1v) is 6.22. The molecule has 1 N–H and O–H groups in total. The second kappa shape index (κ2) is 6.59. The number of aryl methyl sites for hydroxylation is 1. The van der Waals surface area contributed by atoms with Crippen molar-refractivity contribution < 1.29 is 9.90 Å². The van der Waals surface area contributed by atoms with Crippen LogP contribution in [0.4, 0.5) is 0 Å². The lowest BCUT2D eigenvalue weighted by Crippen LogP contribution is -2.26. The number of thioether (sulfide) groups is 1. The predicted octanol–water partition coefficient (Wildman–Crippen LogP) is 3.98. The third-order valence-electron chi connectivity index (χ3n) is 1.88. The van der Waals surface area contributed by atoms with E-state index in [1.54, 1.807) is 13.8 Å². The van der Waals surface area contributed by atoms with Crippen LogP contribution in [0.25, 0.3) is 0 Å². The van der Waals surface area contributed by atoms with Gasteiger partial charge in [0.1, 0.15) is 4.75 Å². The summed E-state index contributed by atoms with van der Waals surface area (Å²) < 4.78 is -0.770. The maximum Gasteiger partial charge on any atom is 0.319 e. The Morgan fingerprint density at radius 2 is 1.88 bits per heavy atom. The number of carboxylic acid groups (broad SMARTS) is 1. The molecule has 0 saturated heterocycles. The zero-order valence-electron chi connectivity index (χ0n) is 10.6. The largest absolute Gasteiger partial charge is 0.480 e. The summed E-state index contributed by atoms with van der Waals surface area (Å²) in [5.41, 5.74) is 1.15. The number of hydrogen-bond donors (Lipinski definition) is 1. The smallest absolute Gasteiger partial charge is 0.319 e. The first-order chi connectivity index (χ1) is 7.42. The van der Waals surface area contributed by atoms with Crippen molar-refractivity contribution in [2.75, 3.05) is 0 Å². The Labute approximate surface area is 102 Å². The summed E-state index contributed by atoms with van der Waals surface area (Å²) in [5.74, 6) is -0.788. The van der Waals surface area contributed by atoms with Crippen LogP contribution >= 0.6 is 11.8 Å². The lowest BCUT2D eigenvalue weighted by atomic mass is 10.2. The van der Waals surface area contributed by atoms with E-state index in [2.05, 4.69) is 0 Å². The average molecular weight is 240 g/mol. The molecule has 1 aromatic rings. The highest BCUT2D eigenvalue weighted by atomic mass is 32.2. The monoisotopic (exact) mass is 240 g/mol. The fourth-order valence-corrected chi connectivity index (χ4v) is 2.09. The Morgan fingerprint density at radius 3 is 2.31 bits per heavy atom. The average Bonchev–Trinajstić information content (AvgIpc) is 2.19. The Kier molecular flexibility index (Phi) is 6.19. The molecule has 0 aliphatic carbocycles. The number of hydrogen-bond acceptors (Lipinski definition) is 2. The van der Waals surface area contributed by atoms with E-state index in [9.17, 15) is 4.79 Å². The maximum atomic E-state index is 10.9. The number of carboxylic acids is 1. The third kappa shape index (κ3) is 4.71. The Morgan fingerprint density at radius 1 is 1.31 bits per heavy atom. The molecule has 0 heterocycles. The summed E-state index contributed by atoms with van der Waals surface area (Å²) in [6.45, 7) is 9.42. The van der Waals surface area contributed by atoms with Crippen molar-refractivity contribution in [1.29, 1.82) is 0 Å². The number of carbonyl (C=O) groups is 1. The van der Waals surface area contributed by atoms with Crippen LogP contribution in [0.3, 0.4) is 0 Å². The highest BCUT2D eigenvalue weighted by Gasteiger charge is 2.28. The second-order valence-electron chi connectivity index (χ2n) is 3.73. The SMILES string of the molecule is CC.Cc1cccc(SC(C)(C)C(=O)O)c1. The van der Waals surface area contributed by atoms with Gasteiger partial charge in [-0.1, -0.05) is 31.5 Å². The van der Waals surface area contributed by atoms with Crippen LogP contribution in [0.2, 0.25) is 0 Å². The minimum atomic E-state index is -0.788. The Hall–Kier alpha value is -0.960. The first-order valence-electron chi connectivity index (χ1n) is 5.41. The quantitative estimate of drug-likeness (QED) is 0.812. The fourth-order valence-electron chi connectivity index (χ4n) is 1.02. The zero-order chi connectivity index (χ0) is 12.8. The molecule has 3 heteroatoms. The van der Waals surface area contributed by atoms with Crippen LogP contribution in [-0.4, -0.2) is 15.8 Å². The van der Waals surface area contributed by atoms with E-state index in [0.717, 1.165) is 10.5 Å². The lowest BCUT2D eigenvalue weighted by Gasteiger charge is -2.18. The van der Waals surface area contributed by atoms with Gasteiger partial charge >= 0.3 is 5.97 Å². The van der Waals surface area contributed by atoms with Crippen molar-refractivity contribution in [2.24, 2.45) is 0 Å². The third-order valence-corrected chi connectivity index (χ3v) is 3.05. The molecular formula is C13H20O2S. The van der Waals surface area contributed by atoms with Gasteiger partial charge in [-0.2, -0.15) is 0 Å². The zero-order valence-corrected chi connectivity index (χ0v) is 11.4. The van der Waals surface area contributed by atoms with E-state index in [1.165, 1.54) is 11.8 Å².